The molecule has 23 heavy (non-hydrogen) atoms. The van der Waals surface area contributed by atoms with Crippen molar-refractivity contribution < 1.29 is 19.8 Å². The number of carboxylic acid groups (broad SMARTS) is 2. The van der Waals surface area contributed by atoms with Crippen molar-refractivity contribution in [1.82, 2.24) is 9.88 Å². The third kappa shape index (κ3) is 3.35. The number of hydrogen-bond donors (Lipinski definition) is 3. The van der Waals surface area contributed by atoms with Gasteiger partial charge in [0.15, 0.2) is 0 Å². The first kappa shape index (κ1) is 15.9. The molecule has 1 aromatic carbocycles. The van der Waals surface area contributed by atoms with Gasteiger partial charge in [0.05, 0.1) is 19.5 Å². The minimum atomic E-state index is -0.840. The largest absolute Gasteiger partial charge is 0.481 e. The maximum atomic E-state index is 11.2. The van der Waals surface area contributed by atoms with Crippen molar-refractivity contribution in [1.29, 1.82) is 0 Å². The number of hydrogen-bond acceptors (Lipinski definition) is 4. The van der Waals surface area contributed by atoms with E-state index in [1.54, 1.807) is 11.8 Å². The van der Waals surface area contributed by atoms with E-state index >= 15 is 0 Å². The fraction of sp³-hybridized carbons (Fsp3) is 0.375. The van der Waals surface area contributed by atoms with Gasteiger partial charge >= 0.3 is 11.9 Å². The van der Waals surface area contributed by atoms with E-state index < -0.39 is 11.9 Å². The highest BCUT2D eigenvalue weighted by molar-refractivity contribution is 7.98. The average molecular weight is 334 g/mol. The van der Waals surface area contributed by atoms with Gasteiger partial charge in [-0.25, -0.2) is 0 Å². The Morgan fingerprint density at radius 3 is 2.78 bits per heavy atom. The lowest BCUT2D eigenvalue weighted by Crippen LogP contribution is -2.36. The Balaban J connectivity index is 2.00. The van der Waals surface area contributed by atoms with Crippen LogP contribution in [-0.4, -0.2) is 38.5 Å². The predicted molar refractivity (Wildman–Crippen MR) is 88.6 cm³/mol. The molecule has 7 heteroatoms. The third-order valence-electron chi connectivity index (χ3n) is 4.04. The Hall–Kier alpha value is -1.99. The highest BCUT2D eigenvalue weighted by Crippen LogP contribution is 2.31. The van der Waals surface area contributed by atoms with Crippen molar-refractivity contribution >= 4 is 34.6 Å². The van der Waals surface area contributed by atoms with Crippen LogP contribution in [-0.2, 0) is 28.4 Å². The molecule has 122 valence electrons. The predicted octanol–water partition coefficient (Wildman–Crippen LogP) is 1.91. The van der Waals surface area contributed by atoms with Gasteiger partial charge in [0.2, 0.25) is 0 Å². The topological polar surface area (TPSA) is 91.6 Å². The van der Waals surface area contributed by atoms with E-state index in [0.717, 1.165) is 22.2 Å². The molecule has 6 nitrogen and oxygen atoms in total. The monoisotopic (exact) mass is 334 g/mol. The Morgan fingerprint density at radius 2 is 2.04 bits per heavy atom. The summed E-state index contributed by atoms with van der Waals surface area (Å²) in [6, 6.07) is 7.68. The van der Waals surface area contributed by atoms with Crippen LogP contribution in [0.3, 0.4) is 0 Å². The standard InChI is InChI=1S/C16H18N2O4S/c19-15(20)5-10-7-23-8-14-12(6-16(21)22)11-3-1-2-4-13(11)18(14)9-17-10/h1-4,10,17H,5-9H2,(H,19,20)(H,21,22). The number of nitrogens with one attached hydrogen (secondary N) is 1. The summed E-state index contributed by atoms with van der Waals surface area (Å²) >= 11 is 1.64. The lowest BCUT2D eigenvalue weighted by molar-refractivity contribution is -0.138. The van der Waals surface area contributed by atoms with Gasteiger partial charge in [0.1, 0.15) is 0 Å². The summed E-state index contributed by atoms with van der Waals surface area (Å²) in [5.74, 6) is -0.268. The van der Waals surface area contributed by atoms with E-state index in [4.69, 9.17) is 5.11 Å². The van der Waals surface area contributed by atoms with Gasteiger partial charge in [-0.15, -0.1) is 0 Å². The minimum absolute atomic E-state index is 0.00195. The van der Waals surface area contributed by atoms with Crippen molar-refractivity contribution in [2.24, 2.45) is 0 Å². The molecule has 3 rings (SSSR count). The summed E-state index contributed by atoms with van der Waals surface area (Å²) in [6.07, 6.45) is 0.0888. The normalized spacial score (nSPS) is 18.2. The summed E-state index contributed by atoms with van der Waals surface area (Å²) in [5, 5.41) is 22.4. The van der Waals surface area contributed by atoms with Crippen LogP contribution in [0.1, 0.15) is 17.7 Å². The molecule has 0 saturated heterocycles. The number of aliphatic carboxylic acids is 2. The Morgan fingerprint density at radius 1 is 1.26 bits per heavy atom. The van der Waals surface area contributed by atoms with Crippen molar-refractivity contribution in [2.75, 3.05) is 5.75 Å². The fourth-order valence-corrected chi connectivity index (χ4v) is 4.20. The third-order valence-corrected chi connectivity index (χ3v) is 5.15. The lowest BCUT2D eigenvalue weighted by atomic mass is 10.1. The van der Waals surface area contributed by atoms with Crippen molar-refractivity contribution in [3.05, 3.63) is 35.5 Å². The van der Waals surface area contributed by atoms with Gasteiger partial charge in [0.25, 0.3) is 0 Å². The zero-order valence-electron chi connectivity index (χ0n) is 12.5. The molecule has 1 aromatic heterocycles. The average Bonchev–Trinajstić information content (AvgIpc) is 2.74. The molecule has 1 atom stereocenters. The first-order valence-electron chi connectivity index (χ1n) is 7.40. The number of para-hydroxylation sites is 1. The Labute approximate surface area is 137 Å². The fourth-order valence-electron chi connectivity index (χ4n) is 3.04. The van der Waals surface area contributed by atoms with Crippen molar-refractivity contribution in [3.63, 3.8) is 0 Å². The maximum absolute atomic E-state index is 11.2. The van der Waals surface area contributed by atoms with E-state index in [-0.39, 0.29) is 18.9 Å². The van der Waals surface area contributed by atoms with Crippen LogP contribution in [0.25, 0.3) is 10.9 Å². The number of fused-ring (bicyclic) bond motifs is 3. The second kappa shape index (κ2) is 6.64. The smallest absolute Gasteiger partial charge is 0.307 e. The van der Waals surface area contributed by atoms with Crippen LogP contribution in [0.15, 0.2) is 24.3 Å². The number of carboxylic acids is 2. The molecule has 3 N–H and O–H groups in total. The summed E-state index contributed by atoms with van der Waals surface area (Å²) in [6.45, 7) is 0.494. The molecule has 0 spiro atoms. The van der Waals surface area contributed by atoms with Gasteiger partial charge in [-0.1, -0.05) is 18.2 Å². The highest BCUT2D eigenvalue weighted by atomic mass is 32.2. The molecule has 1 unspecified atom stereocenters. The second-order valence-corrected chi connectivity index (χ2v) is 6.64. The number of benzene rings is 1. The highest BCUT2D eigenvalue weighted by Gasteiger charge is 2.22. The number of aromatic nitrogens is 1. The summed E-state index contributed by atoms with van der Waals surface area (Å²) in [4.78, 5) is 22.2. The van der Waals surface area contributed by atoms with Crippen LogP contribution >= 0.6 is 11.8 Å². The molecule has 1 aliphatic rings. The van der Waals surface area contributed by atoms with Crippen LogP contribution in [0.2, 0.25) is 0 Å². The summed E-state index contributed by atoms with van der Waals surface area (Å²) < 4.78 is 2.08. The second-order valence-electron chi connectivity index (χ2n) is 5.61. The summed E-state index contributed by atoms with van der Waals surface area (Å²) in [5.41, 5.74) is 2.86. The molecule has 1 aliphatic heterocycles. The van der Waals surface area contributed by atoms with Crippen LogP contribution in [0.5, 0.6) is 0 Å². The lowest BCUT2D eigenvalue weighted by Gasteiger charge is -2.22. The zero-order valence-corrected chi connectivity index (χ0v) is 13.3. The van der Waals surface area contributed by atoms with Gasteiger partial charge in [-0.2, -0.15) is 11.8 Å². The molecule has 0 radical (unpaired) electrons. The molecule has 0 bridgehead atoms. The van der Waals surface area contributed by atoms with Crippen LogP contribution in [0, 0.1) is 0 Å². The van der Waals surface area contributed by atoms with Crippen molar-refractivity contribution in [3.8, 4) is 0 Å². The molecule has 0 saturated carbocycles. The number of rotatable bonds is 4. The van der Waals surface area contributed by atoms with E-state index in [2.05, 4.69) is 9.88 Å². The van der Waals surface area contributed by atoms with Crippen molar-refractivity contribution in [2.45, 2.75) is 31.3 Å². The zero-order chi connectivity index (χ0) is 16.4. The quantitative estimate of drug-likeness (QED) is 0.791. The minimum Gasteiger partial charge on any atom is -0.481 e. The number of nitrogens with zero attached hydrogens (tertiary/aromatic N) is 1. The number of carbonyl (C=O) groups is 2. The molecule has 0 amide bonds. The van der Waals surface area contributed by atoms with E-state index in [1.165, 1.54) is 0 Å². The summed E-state index contributed by atoms with van der Waals surface area (Å²) in [7, 11) is 0. The molecular formula is C16H18N2O4S. The molecule has 2 aromatic rings. The first-order chi connectivity index (χ1) is 11.1. The first-order valence-corrected chi connectivity index (χ1v) is 8.55. The van der Waals surface area contributed by atoms with E-state index in [9.17, 15) is 14.7 Å². The molecular weight excluding hydrogens is 316 g/mol. The molecule has 2 heterocycles. The van der Waals surface area contributed by atoms with Gasteiger partial charge < -0.3 is 14.8 Å². The van der Waals surface area contributed by atoms with Gasteiger partial charge in [-0.05, 0) is 11.6 Å². The van der Waals surface area contributed by atoms with Gasteiger partial charge in [-0.3, -0.25) is 14.9 Å². The molecule has 0 aliphatic carbocycles. The van der Waals surface area contributed by atoms with E-state index in [0.29, 0.717) is 18.2 Å². The molecule has 0 fully saturated rings. The van der Waals surface area contributed by atoms with E-state index in [1.807, 2.05) is 24.3 Å². The maximum Gasteiger partial charge on any atom is 0.307 e. The Kier molecular flexibility index (Phi) is 4.58. The van der Waals surface area contributed by atoms with Crippen LogP contribution in [0.4, 0.5) is 0 Å². The van der Waals surface area contributed by atoms with Crippen LogP contribution < -0.4 is 5.32 Å². The number of thioether (sulfide) groups is 1. The van der Waals surface area contributed by atoms with Gasteiger partial charge in [0, 0.05) is 34.1 Å². The SMILES string of the molecule is O=C(O)Cc1c2n(c3ccccc13)CNC(CC(=O)O)CSC2. The Bertz CT molecular complexity index is 756.